The molecule has 0 saturated heterocycles. The summed E-state index contributed by atoms with van der Waals surface area (Å²) < 4.78 is 1.94. The minimum Gasteiger partial charge on any atom is -0.479 e. The van der Waals surface area contributed by atoms with Gasteiger partial charge in [0.25, 0.3) is 0 Å². The number of fused-ring (bicyclic) bond motifs is 1. The van der Waals surface area contributed by atoms with E-state index in [0.717, 1.165) is 29.3 Å². The Morgan fingerprint density at radius 2 is 2.11 bits per heavy atom. The zero-order valence-corrected chi connectivity index (χ0v) is 10.7. The number of hydrogen-bond acceptors (Lipinski definition) is 1. The van der Waals surface area contributed by atoms with Crippen molar-refractivity contribution >= 4 is 16.9 Å². The molecule has 0 bridgehead atoms. The summed E-state index contributed by atoms with van der Waals surface area (Å²) in [5.74, 6) is -0.477. The van der Waals surface area contributed by atoms with Gasteiger partial charge in [-0.15, -0.1) is 0 Å². The van der Waals surface area contributed by atoms with E-state index in [-0.39, 0.29) is 5.92 Å². The third-order valence-corrected chi connectivity index (χ3v) is 4.15. The maximum Gasteiger partial charge on any atom is 0.329 e. The molecule has 1 heterocycles. The first-order chi connectivity index (χ1) is 8.53. The molecule has 1 atom stereocenters. The molecule has 1 saturated carbocycles. The minimum absolute atomic E-state index is 0.256. The summed E-state index contributed by atoms with van der Waals surface area (Å²) in [6.07, 6.45) is 3.93. The fraction of sp³-hybridized carbons (Fsp3) is 0.400. The van der Waals surface area contributed by atoms with Crippen molar-refractivity contribution in [1.29, 1.82) is 0 Å². The molecule has 18 heavy (non-hydrogen) atoms. The topological polar surface area (TPSA) is 42.2 Å². The smallest absolute Gasteiger partial charge is 0.329 e. The molecule has 1 aromatic carbocycles. The van der Waals surface area contributed by atoms with Gasteiger partial charge in [0.05, 0.1) is 0 Å². The second-order valence-electron chi connectivity index (χ2n) is 5.47. The molecule has 0 aliphatic heterocycles. The van der Waals surface area contributed by atoms with Crippen LogP contribution in [0.2, 0.25) is 0 Å². The molecule has 1 unspecified atom stereocenters. The van der Waals surface area contributed by atoms with Crippen LogP contribution in [-0.4, -0.2) is 15.6 Å². The lowest BCUT2D eigenvalue weighted by atomic mass is 9.95. The van der Waals surface area contributed by atoms with Gasteiger partial charge in [0, 0.05) is 11.7 Å². The third-order valence-electron chi connectivity index (χ3n) is 4.15. The van der Waals surface area contributed by atoms with Crippen LogP contribution in [0, 0.1) is 12.8 Å². The van der Waals surface area contributed by atoms with Crippen molar-refractivity contribution in [3.63, 3.8) is 0 Å². The molecule has 94 valence electrons. The molecular weight excluding hydrogens is 226 g/mol. The Morgan fingerprint density at radius 3 is 2.72 bits per heavy atom. The number of carboxylic acid groups (broad SMARTS) is 1. The van der Waals surface area contributed by atoms with E-state index in [2.05, 4.69) is 18.2 Å². The first-order valence-electron chi connectivity index (χ1n) is 6.35. The highest BCUT2D eigenvalue weighted by molar-refractivity contribution is 5.85. The van der Waals surface area contributed by atoms with Crippen LogP contribution in [-0.2, 0) is 10.3 Å². The molecule has 0 spiro atoms. The van der Waals surface area contributed by atoms with Gasteiger partial charge in [0.2, 0.25) is 0 Å². The minimum atomic E-state index is -0.810. The van der Waals surface area contributed by atoms with E-state index in [1.807, 2.05) is 30.7 Å². The number of carboxylic acids is 1. The van der Waals surface area contributed by atoms with Gasteiger partial charge in [-0.2, -0.15) is 0 Å². The summed E-state index contributed by atoms with van der Waals surface area (Å²) >= 11 is 0. The SMILES string of the molecule is Cc1ccc2ccn(C(C)(C(=O)O)C3CC3)c2c1. The Hall–Kier alpha value is -1.77. The van der Waals surface area contributed by atoms with E-state index < -0.39 is 11.5 Å². The van der Waals surface area contributed by atoms with Gasteiger partial charge in [0.1, 0.15) is 5.54 Å². The summed E-state index contributed by atoms with van der Waals surface area (Å²) in [7, 11) is 0. The van der Waals surface area contributed by atoms with Crippen molar-refractivity contribution in [2.75, 3.05) is 0 Å². The summed E-state index contributed by atoms with van der Waals surface area (Å²) in [6, 6.07) is 8.18. The average molecular weight is 243 g/mol. The summed E-state index contributed by atoms with van der Waals surface area (Å²) in [5, 5.41) is 10.7. The summed E-state index contributed by atoms with van der Waals surface area (Å²) in [6.45, 7) is 3.88. The summed E-state index contributed by atoms with van der Waals surface area (Å²) in [4.78, 5) is 11.7. The van der Waals surface area contributed by atoms with Crippen LogP contribution < -0.4 is 0 Å². The fourth-order valence-electron chi connectivity index (χ4n) is 2.76. The standard InChI is InChI=1S/C15H17NO2/c1-10-3-4-11-7-8-16(13(11)9-10)15(2,14(17)18)12-5-6-12/h3-4,7-9,12H,5-6H2,1-2H3,(H,17,18). The van der Waals surface area contributed by atoms with Crippen molar-refractivity contribution in [3.05, 3.63) is 36.0 Å². The second-order valence-corrected chi connectivity index (χ2v) is 5.47. The second kappa shape index (κ2) is 3.61. The number of aliphatic carboxylic acids is 1. The predicted octanol–water partition coefficient (Wildman–Crippen LogP) is 3.16. The molecule has 3 nitrogen and oxygen atoms in total. The van der Waals surface area contributed by atoms with Crippen molar-refractivity contribution in [3.8, 4) is 0 Å². The maximum absolute atomic E-state index is 11.7. The first kappa shape index (κ1) is 11.3. The van der Waals surface area contributed by atoms with Crippen LogP contribution in [0.3, 0.4) is 0 Å². The molecule has 1 aliphatic rings. The molecule has 1 aliphatic carbocycles. The number of nitrogens with zero attached hydrogens (tertiary/aromatic N) is 1. The van der Waals surface area contributed by atoms with Gasteiger partial charge in [-0.05, 0) is 55.7 Å². The summed E-state index contributed by atoms with van der Waals surface area (Å²) in [5.41, 5.74) is 1.37. The van der Waals surface area contributed by atoms with E-state index in [1.165, 1.54) is 0 Å². The monoisotopic (exact) mass is 243 g/mol. The van der Waals surface area contributed by atoms with Gasteiger partial charge in [-0.3, -0.25) is 0 Å². The van der Waals surface area contributed by atoms with Crippen LogP contribution in [0.1, 0.15) is 25.3 Å². The molecule has 3 rings (SSSR count). The van der Waals surface area contributed by atoms with Gasteiger partial charge in [-0.25, -0.2) is 4.79 Å². The molecule has 0 amide bonds. The number of aromatic nitrogens is 1. The van der Waals surface area contributed by atoms with Crippen molar-refractivity contribution in [2.24, 2.45) is 5.92 Å². The zero-order valence-electron chi connectivity index (χ0n) is 10.7. The van der Waals surface area contributed by atoms with Crippen LogP contribution in [0.15, 0.2) is 30.5 Å². The van der Waals surface area contributed by atoms with Crippen LogP contribution in [0.5, 0.6) is 0 Å². The number of aryl methyl sites for hydroxylation is 1. The predicted molar refractivity (Wildman–Crippen MR) is 70.7 cm³/mol. The van der Waals surface area contributed by atoms with E-state index in [9.17, 15) is 9.90 Å². The van der Waals surface area contributed by atoms with Gasteiger partial charge in [0.15, 0.2) is 0 Å². The van der Waals surface area contributed by atoms with Gasteiger partial charge < -0.3 is 9.67 Å². The Bertz CT molecular complexity index is 624. The Labute approximate surface area is 106 Å². The third kappa shape index (κ3) is 1.47. The molecule has 2 aromatic rings. The van der Waals surface area contributed by atoms with E-state index in [4.69, 9.17) is 0 Å². The van der Waals surface area contributed by atoms with Crippen molar-refractivity contribution < 1.29 is 9.90 Å². The lowest BCUT2D eigenvalue weighted by Gasteiger charge is -2.28. The molecular formula is C15H17NO2. The highest BCUT2D eigenvalue weighted by Gasteiger charge is 2.49. The molecule has 1 fully saturated rings. The Kier molecular flexibility index (Phi) is 2.27. The quantitative estimate of drug-likeness (QED) is 0.899. The highest BCUT2D eigenvalue weighted by atomic mass is 16.4. The molecule has 1 aromatic heterocycles. The van der Waals surface area contributed by atoms with Gasteiger partial charge >= 0.3 is 5.97 Å². The van der Waals surface area contributed by atoms with Crippen molar-refractivity contribution in [1.82, 2.24) is 4.57 Å². The molecule has 1 N–H and O–H groups in total. The van der Waals surface area contributed by atoms with Crippen LogP contribution >= 0.6 is 0 Å². The number of carbonyl (C=O) groups is 1. The van der Waals surface area contributed by atoms with Crippen LogP contribution in [0.25, 0.3) is 10.9 Å². The highest BCUT2D eigenvalue weighted by Crippen LogP contribution is 2.45. The normalized spacial score (nSPS) is 18.8. The fourth-order valence-corrected chi connectivity index (χ4v) is 2.76. The average Bonchev–Trinajstić information content (AvgIpc) is 3.09. The van der Waals surface area contributed by atoms with E-state index >= 15 is 0 Å². The van der Waals surface area contributed by atoms with E-state index in [1.54, 1.807) is 0 Å². The zero-order chi connectivity index (χ0) is 12.9. The van der Waals surface area contributed by atoms with Crippen molar-refractivity contribution in [2.45, 2.75) is 32.2 Å². The lowest BCUT2D eigenvalue weighted by Crippen LogP contribution is -2.40. The molecule has 3 heteroatoms. The number of rotatable bonds is 3. The Morgan fingerprint density at radius 1 is 1.39 bits per heavy atom. The van der Waals surface area contributed by atoms with Crippen LogP contribution in [0.4, 0.5) is 0 Å². The number of hydrogen-bond donors (Lipinski definition) is 1. The van der Waals surface area contributed by atoms with Gasteiger partial charge in [-0.1, -0.05) is 12.1 Å². The van der Waals surface area contributed by atoms with E-state index in [0.29, 0.717) is 0 Å². The number of benzene rings is 1. The lowest BCUT2D eigenvalue weighted by molar-refractivity contribution is -0.147. The maximum atomic E-state index is 11.7. The Balaban J connectivity index is 2.23. The molecule has 0 radical (unpaired) electrons. The largest absolute Gasteiger partial charge is 0.479 e. The first-order valence-corrected chi connectivity index (χ1v) is 6.35.